The first-order valence-electron chi connectivity index (χ1n) is 6.92. The lowest BCUT2D eigenvalue weighted by Crippen LogP contribution is -2.11. The van der Waals surface area contributed by atoms with E-state index in [1.165, 1.54) is 5.56 Å². The lowest BCUT2D eigenvalue weighted by molar-refractivity contribution is 0.00504. The van der Waals surface area contributed by atoms with Crippen LogP contribution < -0.4 is 10.1 Å². The Morgan fingerprint density at radius 2 is 1.65 bits per heavy atom. The summed E-state index contributed by atoms with van der Waals surface area (Å²) < 4.78 is 11.0. The van der Waals surface area contributed by atoms with Gasteiger partial charge in [-0.2, -0.15) is 0 Å². The molecule has 0 saturated carbocycles. The molecule has 0 aliphatic carbocycles. The van der Waals surface area contributed by atoms with Crippen molar-refractivity contribution >= 4 is 0 Å². The summed E-state index contributed by atoms with van der Waals surface area (Å²) in [5, 5.41) is 3.29. The summed E-state index contributed by atoms with van der Waals surface area (Å²) in [6.07, 6.45) is 0. The van der Waals surface area contributed by atoms with Crippen molar-refractivity contribution in [1.82, 2.24) is 5.32 Å². The van der Waals surface area contributed by atoms with Crippen LogP contribution in [0.1, 0.15) is 18.1 Å². The second-order valence-corrected chi connectivity index (χ2v) is 4.52. The Balaban J connectivity index is 1.69. The van der Waals surface area contributed by atoms with Crippen LogP contribution in [0.4, 0.5) is 0 Å². The summed E-state index contributed by atoms with van der Waals surface area (Å²) in [5.41, 5.74) is 2.40. The molecule has 0 fully saturated rings. The summed E-state index contributed by atoms with van der Waals surface area (Å²) in [5.74, 6) is 0.832. The number of hydrogen-bond acceptors (Lipinski definition) is 3. The average Bonchev–Trinajstić information content (AvgIpc) is 2.52. The zero-order valence-electron chi connectivity index (χ0n) is 11.8. The van der Waals surface area contributed by atoms with Gasteiger partial charge in [0.1, 0.15) is 5.75 Å². The van der Waals surface area contributed by atoms with Gasteiger partial charge in [0.2, 0.25) is 0 Å². The topological polar surface area (TPSA) is 30.5 Å². The van der Waals surface area contributed by atoms with Crippen molar-refractivity contribution in [2.24, 2.45) is 0 Å². The zero-order valence-corrected chi connectivity index (χ0v) is 11.8. The second-order valence-electron chi connectivity index (χ2n) is 4.52. The number of nitrogens with one attached hydrogen (secondary N) is 1. The lowest BCUT2D eigenvalue weighted by atomic mass is 10.2. The largest absolute Gasteiger partial charge is 0.468 e. The number of hydrogen-bond donors (Lipinski definition) is 1. The Hall–Kier alpha value is -1.84. The van der Waals surface area contributed by atoms with Gasteiger partial charge in [0, 0.05) is 6.54 Å². The number of ether oxygens (including phenoxy) is 2. The Bertz CT molecular complexity index is 482. The summed E-state index contributed by atoms with van der Waals surface area (Å²) >= 11 is 0. The predicted molar refractivity (Wildman–Crippen MR) is 80.5 cm³/mol. The highest BCUT2D eigenvalue weighted by Crippen LogP contribution is 2.12. The van der Waals surface area contributed by atoms with Gasteiger partial charge in [-0.15, -0.1) is 0 Å². The molecule has 3 heteroatoms. The van der Waals surface area contributed by atoms with Crippen LogP contribution in [-0.4, -0.2) is 13.3 Å². The van der Waals surface area contributed by atoms with E-state index in [-0.39, 0.29) is 6.79 Å². The van der Waals surface area contributed by atoms with Crippen LogP contribution in [-0.2, 0) is 17.9 Å². The molecule has 0 aromatic heterocycles. The van der Waals surface area contributed by atoms with Crippen molar-refractivity contribution in [3.05, 3.63) is 65.7 Å². The van der Waals surface area contributed by atoms with Crippen LogP contribution >= 0.6 is 0 Å². The van der Waals surface area contributed by atoms with E-state index in [0.29, 0.717) is 6.61 Å². The highest BCUT2D eigenvalue weighted by molar-refractivity contribution is 5.27. The maximum Gasteiger partial charge on any atom is 0.189 e. The van der Waals surface area contributed by atoms with Crippen LogP contribution in [0.25, 0.3) is 0 Å². The van der Waals surface area contributed by atoms with Crippen LogP contribution in [0.2, 0.25) is 0 Å². The normalized spacial score (nSPS) is 10.4. The molecule has 0 aliphatic heterocycles. The highest BCUT2D eigenvalue weighted by Gasteiger charge is 1.96. The van der Waals surface area contributed by atoms with Gasteiger partial charge in [-0.1, -0.05) is 49.4 Å². The molecule has 0 unspecified atom stereocenters. The number of benzene rings is 2. The van der Waals surface area contributed by atoms with E-state index in [9.17, 15) is 0 Å². The molecule has 0 spiro atoms. The maximum absolute atomic E-state index is 5.54. The van der Waals surface area contributed by atoms with Crippen molar-refractivity contribution in [2.75, 3.05) is 13.3 Å². The molecular formula is C17H21NO2. The van der Waals surface area contributed by atoms with Crippen molar-refractivity contribution in [3.8, 4) is 5.75 Å². The molecule has 0 aliphatic rings. The summed E-state index contributed by atoms with van der Waals surface area (Å²) in [7, 11) is 0. The van der Waals surface area contributed by atoms with E-state index in [1.807, 2.05) is 42.5 Å². The molecule has 0 bridgehead atoms. The van der Waals surface area contributed by atoms with Gasteiger partial charge >= 0.3 is 0 Å². The smallest absolute Gasteiger partial charge is 0.189 e. The second kappa shape index (κ2) is 8.35. The third-order valence-corrected chi connectivity index (χ3v) is 2.92. The molecule has 2 rings (SSSR count). The molecule has 0 heterocycles. The first kappa shape index (κ1) is 14.6. The van der Waals surface area contributed by atoms with Crippen molar-refractivity contribution in [1.29, 1.82) is 0 Å². The molecule has 1 N–H and O–H groups in total. The van der Waals surface area contributed by atoms with E-state index in [1.54, 1.807) is 0 Å². The van der Waals surface area contributed by atoms with E-state index in [0.717, 1.165) is 24.4 Å². The third-order valence-electron chi connectivity index (χ3n) is 2.92. The van der Waals surface area contributed by atoms with Gasteiger partial charge in [-0.05, 0) is 29.8 Å². The van der Waals surface area contributed by atoms with Crippen LogP contribution in [0.5, 0.6) is 5.75 Å². The Morgan fingerprint density at radius 1 is 0.900 bits per heavy atom. The predicted octanol–water partition coefficient (Wildman–Crippen LogP) is 3.35. The van der Waals surface area contributed by atoms with Gasteiger partial charge in [-0.3, -0.25) is 0 Å². The first-order chi connectivity index (χ1) is 9.88. The minimum Gasteiger partial charge on any atom is -0.468 e. The summed E-state index contributed by atoms with van der Waals surface area (Å²) in [6.45, 7) is 4.80. The van der Waals surface area contributed by atoms with Gasteiger partial charge < -0.3 is 14.8 Å². The van der Waals surface area contributed by atoms with Crippen molar-refractivity contribution < 1.29 is 9.47 Å². The van der Waals surface area contributed by atoms with Gasteiger partial charge in [0.15, 0.2) is 6.79 Å². The minimum atomic E-state index is 0.265. The first-order valence-corrected chi connectivity index (χ1v) is 6.92. The van der Waals surface area contributed by atoms with Crippen LogP contribution in [0, 0.1) is 0 Å². The molecule has 2 aromatic rings. The average molecular weight is 271 g/mol. The quantitative estimate of drug-likeness (QED) is 0.590. The highest BCUT2D eigenvalue weighted by atomic mass is 16.7. The molecule has 0 radical (unpaired) electrons. The molecule has 20 heavy (non-hydrogen) atoms. The fourth-order valence-electron chi connectivity index (χ4n) is 1.82. The molecule has 2 aromatic carbocycles. The molecule has 0 amide bonds. The SMILES string of the molecule is CCNCc1ccc(OCOCc2ccccc2)cc1. The number of rotatable bonds is 8. The van der Waals surface area contributed by atoms with E-state index < -0.39 is 0 Å². The van der Waals surface area contributed by atoms with Gasteiger partial charge in [0.05, 0.1) is 6.61 Å². The summed E-state index contributed by atoms with van der Waals surface area (Å²) in [4.78, 5) is 0. The van der Waals surface area contributed by atoms with E-state index in [4.69, 9.17) is 9.47 Å². The monoisotopic (exact) mass is 271 g/mol. The van der Waals surface area contributed by atoms with Crippen LogP contribution in [0.3, 0.4) is 0 Å². The standard InChI is InChI=1S/C17H21NO2/c1-2-18-12-15-8-10-17(11-9-15)20-14-19-13-16-6-4-3-5-7-16/h3-11,18H,2,12-14H2,1H3. The fourth-order valence-corrected chi connectivity index (χ4v) is 1.82. The van der Waals surface area contributed by atoms with Crippen molar-refractivity contribution in [3.63, 3.8) is 0 Å². The van der Waals surface area contributed by atoms with E-state index >= 15 is 0 Å². The minimum absolute atomic E-state index is 0.265. The summed E-state index contributed by atoms with van der Waals surface area (Å²) in [6, 6.07) is 18.1. The van der Waals surface area contributed by atoms with Gasteiger partial charge in [-0.25, -0.2) is 0 Å². The molecular weight excluding hydrogens is 250 g/mol. The molecule has 106 valence electrons. The lowest BCUT2D eigenvalue weighted by Gasteiger charge is -2.08. The third kappa shape index (κ3) is 5.03. The van der Waals surface area contributed by atoms with Crippen molar-refractivity contribution in [2.45, 2.75) is 20.1 Å². The Labute approximate surface area is 120 Å². The maximum atomic E-state index is 5.54. The van der Waals surface area contributed by atoms with Gasteiger partial charge in [0.25, 0.3) is 0 Å². The Kier molecular flexibility index (Phi) is 6.08. The fraction of sp³-hybridized carbons (Fsp3) is 0.294. The molecule has 0 atom stereocenters. The molecule has 0 saturated heterocycles. The Morgan fingerprint density at radius 3 is 2.35 bits per heavy atom. The van der Waals surface area contributed by atoms with E-state index in [2.05, 4.69) is 24.4 Å². The van der Waals surface area contributed by atoms with Crippen LogP contribution in [0.15, 0.2) is 54.6 Å². The zero-order chi connectivity index (χ0) is 14.0. The molecule has 3 nitrogen and oxygen atoms in total.